The molecule has 0 unspecified atom stereocenters. The Bertz CT molecular complexity index is 563. The van der Waals surface area contributed by atoms with Gasteiger partial charge >= 0.3 is 5.97 Å². The quantitative estimate of drug-likeness (QED) is 0.111. The predicted octanol–water partition coefficient (Wildman–Crippen LogP) is 7.45. The first-order valence-corrected chi connectivity index (χ1v) is 11.6. The van der Waals surface area contributed by atoms with Gasteiger partial charge in [0.05, 0.1) is 0 Å². The highest BCUT2D eigenvalue weighted by Gasteiger charge is 2.09. The van der Waals surface area contributed by atoms with Crippen LogP contribution in [0.2, 0.25) is 0 Å². The van der Waals surface area contributed by atoms with Gasteiger partial charge in [-0.3, -0.25) is 9.59 Å². The Morgan fingerprint density at radius 1 is 0.759 bits per heavy atom. The van der Waals surface area contributed by atoms with Gasteiger partial charge in [-0.15, -0.1) is 0 Å². The molecule has 29 heavy (non-hydrogen) atoms. The van der Waals surface area contributed by atoms with Crippen LogP contribution in [-0.2, 0) is 9.53 Å². The molecule has 0 N–H and O–H groups in total. The summed E-state index contributed by atoms with van der Waals surface area (Å²) < 4.78 is 5.07. The van der Waals surface area contributed by atoms with E-state index in [0.29, 0.717) is 12.0 Å². The number of Topliss-reactive ketones (excluding diaryl/α,β-unsaturated/α-hetero) is 1. The zero-order valence-electron chi connectivity index (χ0n) is 18.4. The summed E-state index contributed by atoms with van der Waals surface area (Å²) in [5, 5.41) is 0. The zero-order valence-corrected chi connectivity index (χ0v) is 18.4. The van der Waals surface area contributed by atoms with Crippen molar-refractivity contribution in [1.82, 2.24) is 0 Å². The van der Waals surface area contributed by atoms with E-state index in [1.807, 2.05) is 6.07 Å². The third-order valence-corrected chi connectivity index (χ3v) is 5.10. The summed E-state index contributed by atoms with van der Waals surface area (Å²) in [6.07, 6.45) is 21.2. The van der Waals surface area contributed by atoms with Crippen molar-refractivity contribution in [2.45, 2.75) is 96.8 Å². The Morgan fingerprint density at radius 3 is 1.93 bits per heavy atom. The van der Waals surface area contributed by atoms with Gasteiger partial charge in [-0.05, 0) is 32.1 Å². The number of carbonyl (C=O) groups is 2. The molecule has 1 aromatic carbocycles. The van der Waals surface area contributed by atoms with Gasteiger partial charge in [0, 0.05) is 12.0 Å². The highest BCUT2D eigenvalue weighted by atomic mass is 16.5. The van der Waals surface area contributed by atoms with Gasteiger partial charge in [-0.1, -0.05) is 101 Å². The highest BCUT2D eigenvalue weighted by molar-refractivity contribution is 5.97. The summed E-state index contributed by atoms with van der Waals surface area (Å²) in [7, 11) is 0. The van der Waals surface area contributed by atoms with Gasteiger partial charge < -0.3 is 4.74 Å². The van der Waals surface area contributed by atoms with Crippen molar-refractivity contribution in [3.8, 4) is 0 Å². The first kappa shape index (κ1) is 25.1. The average molecular weight is 401 g/mol. The molecule has 0 radical (unpaired) electrons. The first-order valence-electron chi connectivity index (χ1n) is 11.6. The molecule has 0 aliphatic rings. The number of ether oxygens (including phenoxy) is 1. The minimum atomic E-state index is -0.284. The SMILES string of the molecule is CCCCCCCCCCC/C=C\CCCCC(=O)OCC(=O)c1ccccc1. The molecular formula is C26H40O3. The maximum absolute atomic E-state index is 11.9. The lowest BCUT2D eigenvalue weighted by molar-refractivity contribution is -0.142. The molecular weight excluding hydrogens is 360 g/mol. The number of benzene rings is 1. The molecule has 0 amide bonds. The van der Waals surface area contributed by atoms with Gasteiger partial charge in [0.1, 0.15) is 0 Å². The van der Waals surface area contributed by atoms with Crippen LogP contribution in [0.3, 0.4) is 0 Å². The van der Waals surface area contributed by atoms with Crippen molar-refractivity contribution >= 4 is 11.8 Å². The second-order valence-electron chi connectivity index (χ2n) is 7.78. The van der Waals surface area contributed by atoms with Crippen LogP contribution in [0.5, 0.6) is 0 Å². The molecule has 0 aliphatic heterocycles. The number of hydrogen-bond donors (Lipinski definition) is 0. The molecule has 0 saturated carbocycles. The minimum Gasteiger partial charge on any atom is -0.457 e. The molecule has 0 fully saturated rings. The lowest BCUT2D eigenvalue weighted by Crippen LogP contribution is -2.13. The summed E-state index contributed by atoms with van der Waals surface area (Å²) >= 11 is 0. The van der Waals surface area contributed by atoms with E-state index in [-0.39, 0.29) is 18.4 Å². The molecule has 3 nitrogen and oxygen atoms in total. The fourth-order valence-corrected chi connectivity index (χ4v) is 3.27. The van der Waals surface area contributed by atoms with Crippen molar-refractivity contribution < 1.29 is 14.3 Å². The Hall–Kier alpha value is -1.90. The van der Waals surface area contributed by atoms with E-state index >= 15 is 0 Å². The third-order valence-electron chi connectivity index (χ3n) is 5.10. The largest absolute Gasteiger partial charge is 0.457 e. The molecule has 0 aromatic heterocycles. The summed E-state index contributed by atoms with van der Waals surface area (Å²) in [6.45, 7) is 2.10. The molecule has 0 bridgehead atoms. The monoisotopic (exact) mass is 400 g/mol. The molecule has 0 atom stereocenters. The van der Waals surface area contributed by atoms with E-state index in [1.165, 1.54) is 64.2 Å². The van der Waals surface area contributed by atoms with Crippen LogP contribution in [0.25, 0.3) is 0 Å². The van der Waals surface area contributed by atoms with Crippen LogP contribution in [0.1, 0.15) is 107 Å². The Balaban J connectivity index is 1.88. The van der Waals surface area contributed by atoms with Crippen molar-refractivity contribution in [1.29, 1.82) is 0 Å². The van der Waals surface area contributed by atoms with E-state index in [9.17, 15) is 9.59 Å². The normalized spacial score (nSPS) is 11.1. The summed E-state index contributed by atoms with van der Waals surface area (Å²) in [5.74, 6) is -0.439. The number of allylic oxidation sites excluding steroid dienone is 2. The number of carbonyl (C=O) groups excluding carboxylic acids is 2. The van der Waals surface area contributed by atoms with Gasteiger partial charge in [-0.2, -0.15) is 0 Å². The van der Waals surface area contributed by atoms with E-state index in [0.717, 1.165) is 19.3 Å². The second-order valence-corrected chi connectivity index (χ2v) is 7.78. The summed E-state index contributed by atoms with van der Waals surface area (Å²) in [6, 6.07) is 8.93. The Kier molecular flexibility index (Phi) is 15.7. The number of esters is 1. The van der Waals surface area contributed by atoms with Crippen LogP contribution in [-0.4, -0.2) is 18.4 Å². The molecule has 0 saturated heterocycles. The Labute approximate surface area is 177 Å². The lowest BCUT2D eigenvalue weighted by atomic mass is 10.1. The van der Waals surface area contributed by atoms with E-state index in [2.05, 4.69) is 19.1 Å². The number of hydrogen-bond acceptors (Lipinski definition) is 3. The van der Waals surface area contributed by atoms with E-state index in [1.54, 1.807) is 24.3 Å². The molecule has 162 valence electrons. The second kappa shape index (κ2) is 18.1. The van der Waals surface area contributed by atoms with Gasteiger partial charge in [0.2, 0.25) is 0 Å². The van der Waals surface area contributed by atoms with Crippen LogP contribution < -0.4 is 0 Å². The standard InChI is InChI=1S/C26H40O3/c1-2-3-4-5-6-7-8-9-10-11-12-13-14-15-19-22-26(28)29-23-25(27)24-20-17-16-18-21-24/h12-13,16-18,20-21H,2-11,14-15,19,22-23H2,1H3/b13-12-. The average Bonchev–Trinajstić information content (AvgIpc) is 2.75. The van der Waals surface area contributed by atoms with Crippen molar-refractivity contribution in [3.63, 3.8) is 0 Å². The fraction of sp³-hybridized carbons (Fsp3) is 0.615. The number of rotatable bonds is 18. The fourth-order valence-electron chi connectivity index (χ4n) is 3.27. The van der Waals surface area contributed by atoms with Gasteiger partial charge in [-0.25, -0.2) is 0 Å². The zero-order chi connectivity index (χ0) is 21.0. The van der Waals surface area contributed by atoms with Crippen LogP contribution in [0.4, 0.5) is 0 Å². The first-order chi connectivity index (χ1) is 14.2. The maximum atomic E-state index is 11.9. The van der Waals surface area contributed by atoms with E-state index < -0.39 is 0 Å². The smallest absolute Gasteiger partial charge is 0.306 e. The summed E-state index contributed by atoms with van der Waals surface area (Å²) in [4.78, 5) is 23.6. The van der Waals surface area contributed by atoms with Crippen molar-refractivity contribution in [3.05, 3.63) is 48.0 Å². The Morgan fingerprint density at radius 2 is 1.31 bits per heavy atom. The number of ketones is 1. The van der Waals surface area contributed by atoms with Crippen molar-refractivity contribution in [2.24, 2.45) is 0 Å². The lowest BCUT2D eigenvalue weighted by Gasteiger charge is -2.04. The number of unbranched alkanes of at least 4 members (excludes halogenated alkanes) is 11. The van der Waals surface area contributed by atoms with E-state index in [4.69, 9.17) is 4.74 Å². The molecule has 1 aromatic rings. The van der Waals surface area contributed by atoms with Crippen LogP contribution in [0, 0.1) is 0 Å². The molecule has 1 rings (SSSR count). The topological polar surface area (TPSA) is 43.4 Å². The molecule has 0 aliphatic carbocycles. The highest BCUT2D eigenvalue weighted by Crippen LogP contribution is 2.11. The molecule has 0 spiro atoms. The molecule has 0 heterocycles. The summed E-state index contributed by atoms with van der Waals surface area (Å²) in [5.41, 5.74) is 0.581. The third kappa shape index (κ3) is 14.7. The van der Waals surface area contributed by atoms with Crippen molar-refractivity contribution in [2.75, 3.05) is 6.61 Å². The molecule has 3 heteroatoms. The van der Waals surface area contributed by atoms with Gasteiger partial charge in [0.15, 0.2) is 12.4 Å². The van der Waals surface area contributed by atoms with Crippen LogP contribution >= 0.6 is 0 Å². The van der Waals surface area contributed by atoms with Crippen LogP contribution in [0.15, 0.2) is 42.5 Å². The van der Waals surface area contributed by atoms with Gasteiger partial charge in [0.25, 0.3) is 0 Å². The minimum absolute atomic E-state index is 0.154. The maximum Gasteiger partial charge on any atom is 0.306 e. The predicted molar refractivity (Wildman–Crippen MR) is 121 cm³/mol.